The molecule has 0 saturated carbocycles. The first-order valence-corrected chi connectivity index (χ1v) is 7.17. The van der Waals surface area contributed by atoms with Gasteiger partial charge in [0.2, 0.25) is 12.2 Å². The van der Waals surface area contributed by atoms with Crippen molar-refractivity contribution < 1.29 is 13.2 Å². The molecule has 0 amide bonds. The van der Waals surface area contributed by atoms with Crippen molar-refractivity contribution in [3.05, 3.63) is 29.3 Å². The van der Waals surface area contributed by atoms with Crippen LogP contribution in [0.1, 0.15) is 20.8 Å². The lowest BCUT2D eigenvalue weighted by atomic mass is 9.93. The first-order chi connectivity index (χ1) is 10.5. The van der Waals surface area contributed by atoms with Gasteiger partial charge in [0.05, 0.1) is 0 Å². The van der Waals surface area contributed by atoms with Crippen molar-refractivity contribution in [2.75, 3.05) is 5.32 Å². The summed E-state index contributed by atoms with van der Waals surface area (Å²) in [6.45, 7) is 4.88. The fourth-order valence-corrected chi connectivity index (χ4v) is 2.20. The van der Waals surface area contributed by atoms with Crippen LogP contribution in [0.5, 0.6) is 0 Å². The minimum Gasteiger partial charge on any atom is -0.368 e. The number of nitrogens with zero attached hydrogens (tertiary/aromatic N) is 3. The zero-order valence-electron chi connectivity index (χ0n) is 12.8. The molecule has 1 atom stereocenters. The van der Waals surface area contributed by atoms with Gasteiger partial charge in [-0.3, -0.25) is 0 Å². The van der Waals surface area contributed by atoms with Crippen LogP contribution in [0.15, 0.2) is 34.3 Å². The molecule has 0 aliphatic carbocycles. The average Bonchev–Trinajstić information content (AvgIpc) is 2.38. The molecule has 1 aromatic carbocycles. The molecule has 0 aromatic heterocycles. The van der Waals surface area contributed by atoms with Crippen LogP contribution >= 0.6 is 11.6 Å². The Labute approximate surface area is 137 Å². The first-order valence-electron chi connectivity index (χ1n) is 6.79. The summed E-state index contributed by atoms with van der Waals surface area (Å²) in [7, 11) is 0. The lowest BCUT2D eigenvalue weighted by Gasteiger charge is -2.40. The second-order valence-electron chi connectivity index (χ2n) is 6.04. The van der Waals surface area contributed by atoms with Gasteiger partial charge < -0.3 is 11.1 Å². The zero-order valence-corrected chi connectivity index (χ0v) is 13.6. The molecule has 0 radical (unpaired) electrons. The summed E-state index contributed by atoms with van der Waals surface area (Å²) in [5, 5.41) is 3.17. The number of benzene rings is 1. The van der Waals surface area contributed by atoms with Crippen molar-refractivity contribution in [1.82, 2.24) is 4.90 Å². The Morgan fingerprint density at radius 2 is 1.74 bits per heavy atom. The number of amidine groups is 1. The van der Waals surface area contributed by atoms with Gasteiger partial charge in [0.1, 0.15) is 5.84 Å². The van der Waals surface area contributed by atoms with Gasteiger partial charge in [-0.05, 0) is 24.3 Å². The zero-order chi connectivity index (χ0) is 17.4. The quantitative estimate of drug-likeness (QED) is 0.803. The summed E-state index contributed by atoms with van der Waals surface area (Å²) in [6.07, 6.45) is -6.11. The van der Waals surface area contributed by atoms with Gasteiger partial charge in [-0.1, -0.05) is 32.4 Å². The van der Waals surface area contributed by atoms with Gasteiger partial charge in [-0.2, -0.15) is 4.99 Å². The highest BCUT2D eigenvalue weighted by Crippen LogP contribution is 2.33. The molecule has 0 spiro atoms. The standard InChI is InChI=1S/C14H17ClF3N5/c1-13(2,3)10-21-11(19)22-12(23(10)14(16,17)18)20-9-6-4-8(15)5-7-9/h4-7,12,20H,1-3H3,(H2,19,22). The molecule has 1 unspecified atom stereocenters. The van der Waals surface area contributed by atoms with Crippen molar-refractivity contribution in [3.63, 3.8) is 0 Å². The van der Waals surface area contributed by atoms with E-state index in [4.69, 9.17) is 17.3 Å². The van der Waals surface area contributed by atoms with Crippen LogP contribution < -0.4 is 11.1 Å². The van der Waals surface area contributed by atoms with E-state index in [1.165, 1.54) is 0 Å². The summed E-state index contributed by atoms with van der Waals surface area (Å²) in [5.74, 6) is -0.411. The smallest absolute Gasteiger partial charge is 0.368 e. The number of halogens is 4. The Morgan fingerprint density at radius 3 is 2.22 bits per heavy atom. The summed E-state index contributed by atoms with van der Waals surface area (Å²) >= 11 is 5.78. The number of aliphatic imine (C=N–C) groups is 2. The molecule has 1 aromatic rings. The van der Waals surface area contributed by atoms with Crippen LogP contribution in [0, 0.1) is 5.41 Å². The third-order valence-electron chi connectivity index (χ3n) is 3.03. The average molecular weight is 348 g/mol. The molecule has 1 heterocycles. The van der Waals surface area contributed by atoms with Crippen LogP contribution in [0.4, 0.5) is 18.9 Å². The Balaban J connectivity index is 2.40. The van der Waals surface area contributed by atoms with E-state index in [-0.39, 0.29) is 16.7 Å². The Kier molecular flexibility index (Phi) is 4.48. The molecular weight excluding hydrogens is 331 g/mol. The predicted molar refractivity (Wildman–Crippen MR) is 85.3 cm³/mol. The number of rotatable bonds is 2. The van der Waals surface area contributed by atoms with Crippen LogP contribution in [0.3, 0.4) is 0 Å². The van der Waals surface area contributed by atoms with E-state index in [1.807, 2.05) is 0 Å². The lowest BCUT2D eigenvalue weighted by molar-refractivity contribution is -0.228. The number of hydrogen-bond donors (Lipinski definition) is 2. The highest BCUT2D eigenvalue weighted by molar-refractivity contribution is 6.30. The molecular formula is C14H17ClF3N5. The third-order valence-corrected chi connectivity index (χ3v) is 3.28. The van der Waals surface area contributed by atoms with Gasteiger partial charge in [-0.15, -0.1) is 13.2 Å². The molecule has 126 valence electrons. The number of anilines is 1. The minimum atomic E-state index is -4.67. The Hall–Kier alpha value is -1.96. The molecule has 3 N–H and O–H groups in total. The predicted octanol–water partition coefficient (Wildman–Crippen LogP) is 3.63. The van der Waals surface area contributed by atoms with Crippen molar-refractivity contribution >= 4 is 29.1 Å². The van der Waals surface area contributed by atoms with E-state index < -0.39 is 18.0 Å². The molecule has 23 heavy (non-hydrogen) atoms. The van der Waals surface area contributed by atoms with E-state index in [0.29, 0.717) is 10.7 Å². The highest BCUT2D eigenvalue weighted by atomic mass is 35.5. The maximum absolute atomic E-state index is 13.5. The number of hydrogen-bond acceptors (Lipinski definition) is 5. The van der Waals surface area contributed by atoms with E-state index >= 15 is 0 Å². The summed E-state index contributed by atoms with van der Waals surface area (Å²) in [4.78, 5) is 7.76. The number of alkyl halides is 3. The Bertz CT molecular complexity index is 631. The van der Waals surface area contributed by atoms with Gasteiger partial charge in [-0.25, -0.2) is 9.89 Å². The van der Waals surface area contributed by atoms with E-state index in [1.54, 1.807) is 45.0 Å². The highest BCUT2D eigenvalue weighted by Gasteiger charge is 2.49. The third kappa shape index (κ3) is 4.07. The lowest BCUT2D eigenvalue weighted by Crippen LogP contribution is -2.58. The molecule has 1 aliphatic rings. The van der Waals surface area contributed by atoms with Gasteiger partial charge in [0.25, 0.3) is 0 Å². The molecule has 9 heteroatoms. The van der Waals surface area contributed by atoms with Crippen LogP contribution in [0.25, 0.3) is 0 Å². The maximum Gasteiger partial charge on any atom is 0.489 e. The summed E-state index contributed by atoms with van der Waals surface area (Å²) in [5.41, 5.74) is 5.17. The second-order valence-corrected chi connectivity index (χ2v) is 6.47. The monoisotopic (exact) mass is 347 g/mol. The summed E-state index contributed by atoms with van der Waals surface area (Å²) < 4.78 is 40.6. The summed E-state index contributed by atoms with van der Waals surface area (Å²) in [6, 6.07) is 6.25. The molecule has 2 rings (SSSR count). The molecule has 1 aliphatic heterocycles. The normalized spacial score (nSPS) is 19.3. The van der Waals surface area contributed by atoms with Gasteiger partial charge in [0, 0.05) is 16.1 Å². The fourth-order valence-electron chi connectivity index (χ4n) is 2.07. The first kappa shape index (κ1) is 17.4. The molecule has 0 saturated heterocycles. The number of guanidine groups is 1. The van der Waals surface area contributed by atoms with Crippen LogP contribution in [-0.4, -0.2) is 29.3 Å². The van der Waals surface area contributed by atoms with Crippen LogP contribution in [0.2, 0.25) is 5.02 Å². The SMILES string of the molecule is CC(C)(C)C1=NC(N)=NC(Nc2ccc(Cl)cc2)N1C(F)(F)F. The molecule has 5 nitrogen and oxygen atoms in total. The van der Waals surface area contributed by atoms with E-state index in [0.717, 1.165) is 0 Å². The topological polar surface area (TPSA) is 66.0 Å². The maximum atomic E-state index is 13.5. The van der Waals surface area contributed by atoms with Crippen molar-refractivity contribution in [2.24, 2.45) is 21.1 Å². The second kappa shape index (κ2) is 5.92. The molecule has 0 fully saturated rings. The Morgan fingerprint density at radius 1 is 1.17 bits per heavy atom. The van der Waals surface area contributed by atoms with Crippen molar-refractivity contribution in [3.8, 4) is 0 Å². The number of nitrogens with two attached hydrogens (primary N) is 1. The van der Waals surface area contributed by atoms with Crippen LogP contribution in [-0.2, 0) is 0 Å². The molecule has 0 bridgehead atoms. The van der Waals surface area contributed by atoms with Gasteiger partial charge >= 0.3 is 6.30 Å². The number of nitrogens with one attached hydrogen (secondary N) is 1. The van der Waals surface area contributed by atoms with Crippen molar-refractivity contribution in [2.45, 2.75) is 33.4 Å². The largest absolute Gasteiger partial charge is 0.489 e. The van der Waals surface area contributed by atoms with Crippen molar-refractivity contribution in [1.29, 1.82) is 0 Å². The van der Waals surface area contributed by atoms with E-state index in [9.17, 15) is 13.2 Å². The minimum absolute atomic E-state index is 0.179. The fraction of sp³-hybridized carbons (Fsp3) is 0.429. The van der Waals surface area contributed by atoms with Gasteiger partial charge in [0.15, 0.2) is 0 Å². The van der Waals surface area contributed by atoms with E-state index in [2.05, 4.69) is 15.3 Å².